The van der Waals surface area contributed by atoms with Crippen LogP contribution in [-0.2, 0) is 16.1 Å². The second-order valence-corrected chi connectivity index (χ2v) is 12.2. The smallest absolute Gasteiger partial charge is 0.338 e. The molecular weight excluding hydrogens is 684 g/mol. The van der Waals surface area contributed by atoms with Crippen LogP contribution in [0.4, 0.5) is 0 Å². The van der Waals surface area contributed by atoms with Crippen LogP contribution in [0.15, 0.2) is 80.1 Å². The molecule has 2 heterocycles. The monoisotopic (exact) mass is 712 g/mol. The predicted octanol–water partition coefficient (Wildman–Crippen LogP) is 5.82. The lowest BCUT2D eigenvalue weighted by Crippen LogP contribution is -2.40. The summed E-state index contributed by atoms with van der Waals surface area (Å²) in [5.74, 6) is 1.45. The third-order valence-corrected chi connectivity index (χ3v) is 9.03. The van der Waals surface area contributed by atoms with Crippen LogP contribution in [-0.4, -0.2) is 38.5 Å². The Hall–Kier alpha value is -4.06. The van der Waals surface area contributed by atoms with Crippen molar-refractivity contribution in [3.63, 3.8) is 0 Å². The Balaban J connectivity index is 1.59. The van der Waals surface area contributed by atoms with E-state index in [9.17, 15) is 9.59 Å². The molecule has 9 nitrogen and oxygen atoms in total. The number of allylic oxidation sites excluding steroid dienone is 1. The van der Waals surface area contributed by atoms with Crippen molar-refractivity contribution in [3.8, 4) is 23.0 Å². The minimum absolute atomic E-state index is 0.168. The van der Waals surface area contributed by atoms with E-state index in [2.05, 4.69) is 20.9 Å². The van der Waals surface area contributed by atoms with Gasteiger partial charge in [-0.05, 0) is 73.0 Å². The Kier molecular flexibility index (Phi) is 10.0. The largest absolute Gasteiger partial charge is 0.493 e. The molecule has 1 atom stereocenters. The molecule has 0 unspecified atom stereocenters. The lowest BCUT2D eigenvalue weighted by Gasteiger charge is -2.26. The van der Waals surface area contributed by atoms with E-state index in [4.69, 9.17) is 35.3 Å². The highest BCUT2D eigenvalue weighted by atomic mass is 79.9. The Morgan fingerprint density at radius 1 is 1.00 bits per heavy atom. The van der Waals surface area contributed by atoms with Gasteiger partial charge in [-0.25, -0.2) is 9.79 Å². The second-order valence-electron chi connectivity index (χ2n) is 9.86. The third kappa shape index (κ3) is 6.66. The average molecular weight is 714 g/mol. The van der Waals surface area contributed by atoms with Gasteiger partial charge >= 0.3 is 5.97 Å². The van der Waals surface area contributed by atoms with Crippen molar-refractivity contribution in [1.29, 1.82) is 0 Å². The van der Waals surface area contributed by atoms with Crippen LogP contribution in [0.2, 0.25) is 5.02 Å². The van der Waals surface area contributed by atoms with Crippen LogP contribution in [0, 0.1) is 0 Å². The van der Waals surface area contributed by atoms with Gasteiger partial charge in [0.1, 0.15) is 6.61 Å². The topological polar surface area (TPSA) is 97.6 Å². The molecule has 3 aromatic carbocycles. The molecule has 0 saturated carbocycles. The first-order valence-electron chi connectivity index (χ1n) is 13.8. The van der Waals surface area contributed by atoms with E-state index >= 15 is 0 Å². The van der Waals surface area contributed by atoms with E-state index < -0.39 is 12.0 Å². The number of hydrogen-bond donors (Lipinski definition) is 0. The Morgan fingerprint density at radius 2 is 1.67 bits per heavy atom. The second kappa shape index (κ2) is 13.9. The van der Waals surface area contributed by atoms with Gasteiger partial charge in [0.2, 0.25) is 0 Å². The summed E-state index contributed by atoms with van der Waals surface area (Å²) in [5, 5.41) is 0.654. The van der Waals surface area contributed by atoms with Crippen LogP contribution in [0.3, 0.4) is 0 Å². The Morgan fingerprint density at radius 3 is 2.33 bits per heavy atom. The molecule has 0 saturated heterocycles. The molecule has 1 aliphatic heterocycles. The van der Waals surface area contributed by atoms with Crippen molar-refractivity contribution in [2.24, 2.45) is 4.99 Å². The van der Waals surface area contributed by atoms with Crippen LogP contribution >= 0.6 is 38.9 Å². The molecule has 0 fully saturated rings. The lowest BCUT2D eigenvalue weighted by atomic mass is 9.95. The number of ether oxygens (including phenoxy) is 5. The molecule has 234 valence electrons. The zero-order valence-corrected chi connectivity index (χ0v) is 28.3. The summed E-state index contributed by atoms with van der Waals surface area (Å²) in [6.07, 6.45) is 1.76. The van der Waals surface area contributed by atoms with Crippen LogP contribution in [0.5, 0.6) is 23.0 Å². The number of carbonyl (C=O) groups is 1. The molecule has 0 N–H and O–H groups in total. The van der Waals surface area contributed by atoms with E-state index in [1.165, 1.54) is 30.1 Å². The zero-order valence-electron chi connectivity index (χ0n) is 25.2. The molecule has 0 bridgehead atoms. The molecular formula is C33H30BrClN2O7S. The number of rotatable bonds is 10. The summed E-state index contributed by atoms with van der Waals surface area (Å²) in [6, 6.07) is 15.5. The number of nitrogens with zero attached hydrogens (tertiary/aromatic N) is 2. The van der Waals surface area contributed by atoms with Crippen molar-refractivity contribution >= 4 is 50.9 Å². The first kappa shape index (κ1) is 32.3. The third-order valence-electron chi connectivity index (χ3n) is 7.11. The highest BCUT2D eigenvalue weighted by Gasteiger charge is 2.35. The van der Waals surface area contributed by atoms with Crippen molar-refractivity contribution < 1.29 is 28.5 Å². The number of esters is 1. The van der Waals surface area contributed by atoms with E-state index in [-0.39, 0.29) is 17.7 Å². The SMILES string of the molecule is CCOC(=O)C1=C(C)N=c2s/c(=C\c3ccc(OCc4ccc(Cl)cc4)c(OC)c3)c(=O)n2[C@@H]1c1cc(OC)c(OC)cc1Br. The van der Waals surface area contributed by atoms with Gasteiger partial charge in [-0.15, -0.1) is 0 Å². The minimum atomic E-state index is -0.838. The van der Waals surface area contributed by atoms with Crippen LogP contribution in [0.25, 0.3) is 6.08 Å². The number of benzene rings is 3. The maximum absolute atomic E-state index is 14.1. The molecule has 12 heteroatoms. The van der Waals surface area contributed by atoms with Crippen molar-refractivity contribution in [1.82, 2.24) is 4.57 Å². The number of aromatic nitrogens is 1. The summed E-state index contributed by atoms with van der Waals surface area (Å²) >= 11 is 10.8. The summed E-state index contributed by atoms with van der Waals surface area (Å²) < 4.78 is 30.6. The maximum atomic E-state index is 14.1. The summed E-state index contributed by atoms with van der Waals surface area (Å²) in [5.41, 5.74) is 2.69. The molecule has 1 aliphatic rings. The van der Waals surface area contributed by atoms with Crippen molar-refractivity contribution in [2.75, 3.05) is 27.9 Å². The van der Waals surface area contributed by atoms with E-state index in [0.717, 1.165) is 11.1 Å². The van der Waals surface area contributed by atoms with Crippen molar-refractivity contribution in [3.05, 3.63) is 112 Å². The van der Waals surface area contributed by atoms with E-state index in [1.807, 2.05) is 30.3 Å². The lowest BCUT2D eigenvalue weighted by molar-refractivity contribution is -0.139. The van der Waals surface area contributed by atoms with Gasteiger partial charge in [-0.2, -0.15) is 0 Å². The Bertz CT molecular complexity index is 1970. The van der Waals surface area contributed by atoms with Gasteiger partial charge in [-0.1, -0.05) is 57.1 Å². The van der Waals surface area contributed by atoms with Gasteiger partial charge in [0.15, 0.2) is 27.8 Å². The van der Waals surface area contributed by atoms with Gasteiger partial charge in [-0.3, -0.25) is 9.36 Å². The predicted molar refractivity (Wildman–Crippen MR) is 176 cm³/mol. The molecule has 45 heavy (non-hydrogen) atoms. The molecule has 0 radical (unpaired) electrons. The standard InChI is InChI=1S/C33H30BrClN2O7S/c1-6-43-32(39)29-18(2)36-33-37(30(29)22-15-26(41-4)27(42-5)16-23(22)34)31(38)28(45-33)14-20-9-12-24(25(13-20)40-3)44-17-19-7-10-21(35)11-8-19/h7-16,30H,6,17H2,1-5H3/b28-14-/t30-/m1/s1. The normalized spacial score (nSPS) is 14.5. The highest BCUT2D eigenvalue weighted by Crippen LogP contribution is 2.41. The van der Waals surface area contributed by atoms with Crippen LogP contribution in [0.1, 0.15) is 36.6 Å². The maximum Gasteiger partial charge on any atom is 0.338 e. The van der Waals surface area contributed by atoms with Crippen LogP contribution < -0.4 is 33.8 Å². The molecule has 0 aliphatic carbocycles. The fourth-order valence-electron chi connectivity index (χ4n) is 4.95. The number of hydrogen-bond acceptors (Lipinski definition) is 9. The fraction of sp³-hybridized carbons (Fsp3) is 0.242. The number of halogens is 2. The molecule has 4 aromatic rings. The highest BCUT2D eigenvalue weighted by molar-refractivity contribution is 9.10. The first-order valence-corrected chi connectivity index (χ1v) is 15.8. The molecule has 1 aromatic heterocycles. The average Bonchev–Trinajstić information content (AvgIpc) is 3.33. The van der Waals surface area contributed by atoms with E-state index in [1.54, 1.807) is 51.3 Å². The van der Waals surface area contributed by atoms with E-state index in [0.29, 0.717) is 59.7 Å². The fourth-order valence-corrected chi connectivity index (χ4v) is 6.66. The number of thiazole rings is 1. The Labute approximate surface area is 277 Å². The number of carbonyl (C=O) groups excluding carboxylic acids is 1. The summed E-state index contributed by atoms with van der Waals surface area (Å²) in [7, 11) is 4.62. The number of methoxy groups -OCH3 is 3. The number of fused-ring (bicyclic) bond motifs is 1. The molecule has 0 spiro atoms. The summed E-state index contributed by atoms with van der Waals surface area (Å²) in [6.45, 7) is 3.96. The van der Waals surface area contributed by atoms with Gasteiger partial charge in [0, 0.05) is 9.50 Å². The quantitative estimate of drug-likeness (QED) is 0.191. The zero-order chi connectivity index (χ0) is 32.2. The van der Waals surface area contributed by atoms with Crippen molar-refractivity contribution in [2.45, 2.75) is 26.5 Å². The molecule has 5 rings (SSSR count). The van der Waals surface area contributed by atoms with Gasteiger partial charge in [0.25, 0.3) is 5.56 Å². The first-order chi connectivity index (χ1) is 21.7. The minimum Gasteiger partial charge on any atom is -0.493 e. The molecule has 0 amide bonds. The summed E-state index contributed by atoms with van der Waals surface area (Å²) in [4.78, 5) is 32.5. The van der Waals surface area contributed by atoms with Gasteiger partial charge < -0.3 is 23.7 Å². The van der Waals surface area contributed by atoms with Gasteiger partial charge in [0.05, 0.1) is 49.8 Å².